The topological polar surface area (TPSA) is 86.2 Å². The molecule has 0 aliphatic rings. The summed E-state index contributed by atoms with van der Waals surface area (Å²) < 4.78 is 9.76. The number of aromatic nitrogens is 2. The van der Waals surface area contributed by atoms with E-state index in [-0.39, 0.29) is 22.8 Å². The van der Waals surface area contributed by atoms with E-state index < -0.39 is 5.78 Å². The molecule has 0 aliphatic carbocycles. The van der Waals surface area contributed by atoms with Crippen LogP contribution in [-0.4, -0.2) is 21.7 Å². The summed E-state index contributed by atoms with van der Waals surface area (Å²) in [5, 5.41) is 3.59. The highest BCUT2D eigenvalue weighted by Crippen LogP contribution is 2.17. The van der Waals surface area contributed by atoms with E-state index in [4.69, 9.17) is 8.94 Å². The molecule has 3 aromatic heterocycles. The monoisotopic (exact) mass is 268 g/mol. The third-order valence-electron chi connectivity index (χ3n) is 2.70. The van der Waals surface area contributed by atoms with Crippen LogP contribution in [0, 0.1) is 0 Å². The Morgan fingerprint density at radius 3 is 2.70 bits per heavy atom. The lowest BCUT2D eigenvalue weighted by Gasteiger charge is -1.98. The zero-order valence-electron chi connectivity index (χ0n) is 10.1. The fourth-order valence-corrected chi connectivity index (χ4v) is 1.74. The summed E-state index contributed by atoms with van der Waals surface area (Å²) in [7, 11) is 0. The SMILES string of the molecule is O=C(c1cccnc1)c1conc1C(=O)c1ccco1. The van der Waals surface area contributed by atoms with Crippen LogP contribution in [0.25, 0.3) is 0 Å². The smallest absolute Gasteiger partial charge is 0.250 e. The minimum atomic E-state index is -0.504. The summed E-state index contributed by atoms with van der Waals surface area (Å²) in [6, 6.07) is 6.31. The van der Waals surface area contributed by atoms with Crippen LogP contribution in [0.2, 0.25) is 0 Å². The molecule has 0 saturated heterocycles. The van der Waals surface area contributed by atoms with E-state index >= 15 is 0 Å². The molecule has 98 valence electrons. The van der Waals surface area contributed by atoms with Crippen molar-refractivity contribution < 1.29 is 18.5 Å². The molecule has 3 aromatic rings. The molecule has 0 bridgehead atoms. The van der Waals surface area contributed by atoms with Crippen molar-refractivity contribution in [3.8, 4) is 0 Å². The predicted octanol–water partition coefficient (Wildman–Crippen LogP) is 2.12. The summed E-state index contributed by atoms with van der Waals surface area (Å²) in [5.74, 6) is -0.788. The lowest BCUT2D eigenvalue weighted by atomic mass is 10.0. The first-order chi connectivity index (χ1) is 9.77. The standard InChI is InChI=1S/C14H8N2O4/c17-13(9-3-1-5-15-7-9)10-8-20-16-12(10)14(18)11-4-2-6-19-11/h1-8H. The second-order valence-corrected chi connectivity index (χ2v) is 3.95. The summed E-state index contributed by atoms with van der Waals surface area (Å²) in [6.07, 6.45) is 5.48. The second-order valence-electron chi connectivity index (χ2n) is 3.95. The van der Waals surface area contributed by atoms with Crippen LogP contribution in [0.4, 0.5) is 0 Å². The number of rotatable bonds is 4. The van der Waals surface area contributed by atoms with Crippen LogP contribution < -0.4 is 0 Å². The van der Waals surface area contributed by atoms with Crippen LogP contribution in [0.15, 0.2) is 58.1 Å². The first-order valence-electron chi connectivity index (χ1n) is 5.74. The van der Waals surface area contributed by atoms with Crippen molar-refractivity contribution in [3.05, 3.63) is 71.8 Å². The molecule has 0 atom stereocenters. The molecule has 0 aromatic carbocycles. The van der Waals surface area contributed by atoms with Crippen molar-refractivity contribution >= 4 is 11.6 Å². The van der Waals surface area contributed by atoms with Crippen molar-refractivity contribution in [1.82, 2.24) is 10.1 Å². The highest BCUT2D eigenvalue weighted by molar-refractivity contribution is 6.17. The summed E-state index contributed by atoms with van der Waals surface area (Å²) >= 11 is 0. The van der Waals surface area contributed by atoms with Crippen LogP contribution >= 0.6 is 0 Å². The van der Waals surface area contributed by atoms with E-state index in [0.717, 1.165) is 6.26 Å². The predicted molar refractivity (Wildman–Crippen MR) is 66.3 cm³/mol. The molecule has 0 amide bonds. The number of carbonyl (C=O) groups excluding carboxylic acids is 2. The second kappa shape index (κ2) is 4.93. The molecular formula is C14H8N2O4. The maximum Gasteiger partial charge on any atom is 0.250 e. The molecule has 3 rings (SSSR count). The molecule has 0 fully saturated rings. The van der Waals surface area contributed by atoms with Gasteiger partial charge in [0, 0.05) is 18.0 Å². The number of nitrogens with zero attached hydrogens (tertiary/aromatic N) is 2. The van der Waals surface area contributed by atoms with Gasteiger partial charge in [0.15, 0.2) is 17.2 Å². The van der Waals surface area contributed by atoms with Gasteiger partial charge in [-0.2, -0.15) is 0 Å². The Morgan fingerprint density at radius 2 is 2.00 bits per heavy atom. The van der Waals surface area contributed by atoms with Gasteiger partial charge in [-0.05, 0) is 24.3 Å². The Kier molecular flexibility index (Phi) is 2.96. The molecule has 3 heterocycles. The van der Waals surface area contributed by atoms with Crippen LogP contribution in [0.5, 0.6) is 0 Å². The highest BCUT2D eigenvalue weighted by atomic mass is 16.5. The molecule has 0 saturated carbocycles. The zero-order valence-corrected chi connectivity index (χ0v) is 10.1. The summed E-state index contributed by atoms with van der Waals surface area (Å²) in [5.41, 5.74) is 0.359. The molecule has 0 unspecified atom stereocenters. The van der Waals surface area contributed by atoms with Gasteiger partial charge in [-0.15, -0.1) is 0 Å². The molecule has 0 spiro atoms. The van der Waals surface area contributed by atoms with Gasteiger partial charge >= 0.3 is 0 Å². The van der Waals surface area contributed by atoms with Crippen molar-refractivity contribution in [2.24, 2.45) is 0 Å². The normalized spacial score (nSPS) is 10.4. The number of ketones is 2. The number of hydrogen-bond donors (Lipinski definition) is 0. The van der Waals surface area contributed by atoms with Crippen molar-refractivity contribution in [3.63, 3.8) is 0 Å². The van der Waals surface area contributed by atoms with Crippen molar-refractivity contribution in [2.75, 3.05) is 0 Å². The van der Waals surface area contributed by atoms with Crippen molar-refractivity contribution in [2.45, 2.75) is 0 Å². The molecule has 0 radical (unpaired) electrons. The van der Waals surface area contributed by atoms with Gasteiger partial charge in [0.05, 0.1) is 11.8 Å². The van der Waals surface area contributed by atoms with E-state index in [1.807, 2.05) is 0 Å². The zero-order chi connectivity index (χ0) is 13.9. The quantitative estimate of drug-likeness (QED) is 0.673. The lowest BCUT2D eigenvalue weighted by molar-refractivity contribution is 0.0983. The van der Waals surface area contributed by atoms with Gasteiger partial charge in [0.25, 0.3) is 5.78 Å². The Bertz CT molecular complexity index is 745. The van der Waals surface area contributed by atoms with Gasteiger partial charge in [-0.3, -0.25) is 14.6 Å². The Labute approximate surface area is 113 Å². The first kappa shape index (κ1) is 12.0. The van der Waals surface area contributed by atoms with Gasteiger partial charge in [-0.1, -0.05) is 5.16 Å². The van der Waals surface area contributed by atoms with E-state index in [1.165, 1.54) is 18.5 Å². The van der Waals surface area contributed by atoms with Gasteiger partial charge in [0.1, 0.15) is 6.26 Å². The van der Waals surface area contributed by atoms with E-state index in [2.05, 4.69) is 10.1 Å². The fourth-order valence-electron chi connectivity index (χ4n) is 1.74. The first-order valence-corrected chi connectivity index (χ1v) is 5.74. The lowest BCUT2D eigenvalue weighted by Crippen LogP contribution is -2.09. The Morgan fingerprint density at radius 1 is 1.10 bits per heavy atom. The van der Waals surface area contributed by atoms with E-state index in [1.54, 1.807) is 24.4 Å². The van der Waals surface area contributed by atoms with Gasteiger partial charge < -0.3 is 8.94 Å². The number of carbonyl (C=O) groups is 2. The molecule has 0 aliphatic heterocycles. The molecular weight excluding hydrogens is 260 g/mol. The maximum absolute atomic E-state index is 12.3. The number of hydrogen-bond acceptors (Lipinski definition) is 6. The molecule has 6 heteroatoms. The average molecular weight is 268 g/mol. The van der Waals surface area contributed by atoms with Crippen LogP contribution in [-0.2, 0) is 0 Å². The number of pyridine rings is 1. The highest BCUT2D eigenvalue weighted by Gasteiger charge is 2.25. The number of furan rings is 1. The van der Waals surface area contributed by atoms with E-state index in [9.17, 15) is 9.59 Å². The Balaban J connectivity index is 1.99. The largest absolute Gasteiger partial charge is 0.461 e. The van der Waals surface area contributed by atoms with Crippen LogP contribution in [0.1, 0.15) is 32.2 Å². The Hall–Kier alpha value is -3.02. The molecule has 0 N–H and O–H groups in total. The maximum atomic E-state index is 12.3. The summed E-state index contributed by atoms with van der Waals surface area (Å²) in [4.78, 5) is 28.3. The molecule has 20 heavy (non-hydrogen) atoms. The minimum Gasteiger partial charge on any atom is -0.461 e. The molecule has 6 nitrogen and oxygen atoms in total. The van der Waals surface area contributed by atoms with Gasteiger partial charge in [0.2, 0.25) is 0 Å². The third kappa shape index (κ3) is 2.03. The average Bonchev–Trinajstić information content (AvgIpc) is 3.18. The fraction of sp³-hybridized carbons (Fsp3) is 0. The van der Waals surface area contributed by atoms with E-state index in [0.29, 0.717) is 5.56 Å². The minimum absolute atomic E-state index is 0.0752. The summed E-state index contributed by atoms with van der Waals surface area (Å²) in [6.45, 7) is 0. The third-order valence-corrected chi connectivity index (χ3v) is 2.70. The van der Waals surface area contributed by atoms with Gasteiger partial charge in [-0.25, -0.2) is 0 Å². The van der Waals surface area contributed by atoms with Crippen LogP contribution in [0.3, 0.4) is 0 Å². The van der Waals surface area contributed by atoms with Crippen molar-refractivity contribution in [1.29, 1.82) is 0 Å².